The SMILES string of the molecule is COC(=O)[C@H](Cc1ccccc1)n1nccc1[C@@H](N)C(=O)O. The minimum absolute atomic E-state index is 0.249. The fraction of sp³-hybridized carbons (Fsp3) is 0.267. The number of aromatic nitrogens is 2. The number of benzene rings is 1. The number of ether oxygens (including phenoxy) is 1. The first-order valence-electron chi connectivity index (χ1n) is 6.68. The maximum absolute atomic E-state index is 12.1. The van der Waals surface area contributed by atoms with Crippen molar-refractivity contribution in [3.8, 4) is 0 Å². The molecule has 0 fully saturated rings. The Balaban J connectivity index is 2.37. The minimum atomic E-state index is -1.26. The van der Waals surface area contributed by atoms with Crippen LogP contribution < -0.4 is 5.73 Å². The second kappa shape index (κ2) is 6.86. The van der Waals surface area contributed by atoms with Gasteiger partial charge in [0.05, 0.1) is 12.8 Å². The van der Waals surface area contributed by atoms with E-state index in [9.17, 15) is 9.59 Å². The number of carbonyl (C=O) groups is 2. The van der Waals surface area contributed by atoms with E-state index in [1.54, 1.807) is 0 Å². The number of nitrogens with two attached hydrogens (primary N) is 1. The predicted molar refractivity (Wildman–Crippen MR) is 78.0 cm³/mol. The van der Waals surface area contributed by atoms with Gasteiger partial charge in [-0.25, -0.2) is 4.79 Å². The molecule has 0 saturated heterocycles. The minimum Gasteiger partial charge on any atom is -0.480 e. The predicted octanol–water partition coefficient (Wildman–Crippen LogP) is 0.924. The van der Waals surface area contributed by atoms with Crippen LogP contribution >= 0.6 is 0 Å². The van der Waals surface area contributed by atoms with Gasteiger partial charge in [0.2, 0.25) is 0 Å². The van der Waals surface area contributed by atoms with Gasteiger partial charge in [0.1, 0.15) is 6.04 Å². The Labute approximate surface area is 127 Å². The summed E-state index contributed by atoms with van der Waals surface area (Å²) in [5.74, 6) is -1.70. The largest absolute Gasteiger partial charge is 0.480 e. The number of carboxylic acid groups (broad SMARTS) is 1. The lowest BCUT2D eigenvalue weighted by molar-refractivity contribution is -0.145. The van der Waals surface area contributed by atoms with Gasteiger partial charge in [-0.2, -0.15) is 5.10 Å². The van der Waals surface area contributed by atoms with Crippen LogP contribution in [-0.2, 0) is 20.7 Å². The zero-order valence-corrected chi connectivity index (χ0v) is 12.0. The number of esters is 1. The molecule has 0 unspecified atom stereocenters. The van der Waals surface area contributed by atoms with Crippen molar-refractivity contribution in [3.05, 3.63) is 53.9 Å². The Hall–Kier alpha value is -2.67. The van der Waals surface area contributed by atoms with Gasteiger partial charge in [-0.1, -0.05) is 30.3 Å². The number of hydrogen-bond acceptors (Lipinski definition) is 5. The fourth-order valence-electron chi connectivity index (χ4n) is 2.20. The molecular formula is C15H17N3O4. The summed E-state index contributed by atoms with van der Waals surface area (Å²) in [5.41, 5.74) is 6.80. The first-order chi connectivity index (χ1) is 10.5. The highest BCUT2D eigenvalue weighted by Crippen LogP contribution is 2.20. The van der Waals surface area contributed by atoms with Crippen LogP contribution in [0.2, 0.25) is 0 Å². The topological polar surface area (TPSA) is 107 Å². The van der Waals surface area contributed by atoms with Crippen LogP contribution in [0.3, 0.4) is 0 Å². The molecule has 2 atom stereocenters. The molecule has 0 saturated carbocycles. The quantitative estimate of drug-likeness (QED) is 0.768. The highest BCUT2D eigenvalue weighted by atomic mass is 16.5. The van der Waals surface area contributed by atoms with Gasteiger partial charge in [0.25, 0.3) is 0 Å². The summed E-state index contributed by atoms with van der Waals surface area (Å²) in [6.45, 7) is 0. The Bertz CT molecular complexity index is 654. The van der Waals surface area contributed by atoms with Crippen LogP contribution in [0.15, 0.2) is 42.6 Å². The number of hydrogen-bond donors (Lipinski definition) is 2. The standard InChI is InChI=1S/C15H17N3O4/c1-22-15(21)12(9-10-5-3-2-4-6-10)18-11(7-8-17-18)13(16)14(19)20/h2-8,12-13H,9,16H2,1H3,(H,19,20)/t12-,13+/m0/s1. The lowest BCUT2D eigenvalue weighted by Gasteiger charge is -2.19. The maximum atomic E-state index is 12.1. The molecule has 0 aliphatic rings. The van der Waals surface area contributed by atoms with Crippen LogP contribution in [0.25, 0.3) is 0 Å². The zero-order chi connectivity index (χ0) is 16.1. The van der Waals surface area contributed by atoms with E-state index in [-0.39, 0.29) is 5.69 Å². The Kier molecular flexibility index (Phi) is 4.90. The van der Waals surface area contributed by atoms with Crippen molar-refractivity contribution >= 4 is 11.9 Å². The van der Waals surface area contributed by atoms with Crippen molar-refractivity contribution in [1.82, 2.24) is 9.78 Å². The van der Waals surface area contributed by atoms with Crippen LogP contribution in [0.5, 0.6) is 0 Å². The van der Waals surface area contributed by atoms with E-state index in [0.717, 1.165) is 5.56 Å². The van der Waals surface area contributed by atoms with Gasteiger partial charge in [-0.05, 0) is 11.6 Å². The van der Waals surface area contributed by atoms with Gasteiger partial charge in [-0.3, -0.25) is 9.48 Å². The number of rotatable bonds is 6. The zero-order valence-electron chi connectivity index (χ0n) is 12.0. The maximum Gasteiger partial charge on any atom is 0.331 e. The molecule has 1 heterocycles. The first-order valence-corrected chi connectivity index (χ1v) is 6.68. The Morgan fingerprint density at radius 1 is 1.32 bits per heavy atom. The van der Waals surface area contributed by atoms with Crippen molar-refractivity contribution in [2.75, 3.05) is 7.11 Å². The van der Waals surface area contributed by atoms with Crippen LogP contribution in [0.1, 0.15) is 23.3 Å². The number of carboxylic acids is 1. The van der Waals surface area contributed by atoms with E-state index < -0.39 is 24.0 Å². The van der Waals surface area contributed by atoms with Crippen molar-refractivity contribution in [3.63, 3.8) is 0 Å². The second-order valence-corrected chi connectivity index (χ2v) is 4.75. The normalized spacial score (nSPS) is 13.4. The lowest BCUT2D eigenvalue weighted by Crippen LogP contribution is -2.30. The number of methoxy groups -OCH3 is 1. The van der Waals surface area contributed by atoms with Gasteiger partial charge < -0.3 is 15.6 Å². The highest BCUT2D eigenvalue weighted by Gasteiger charge is 2.28. The van der Waals surface area contributed by atoms with Crippen LogP contribution in [-0.4, -0.2) is 33.9 Å². The van der Waals surface area contributed by atoms with Crippen molar-refractivity contribution in [2.45, 2.75) is 18.5 Å². The van der Waals surface area contributed by atoms with Crippen molar-refractivity contribution < 1.29 is 19.4 Å². The molecule has 0 aliphatic heterocycles. The van der Waals surface area contributed by atoms with E-state index >= 15 is 0 Å². The monoisotopic (exact) mass is 303 g/mol. The van der Waals surface area contributed by atoms with Crippen LogP contribution in [0.4, 0.5) is 0 Å². The highest BCUT2D eigenvalue weighted by molar-refractivity contribution is 5.76. The van der Waals surface area contributed by atoms with Crippen molar-refractivity contribution in [2.24, 2.45) is 5.73 Å². The fourth-order valence-corrected chi connectivity index (χ4v) is 2.20. The van der Waals surface area contributed by atoms with E-state index in [1.165, 1.54) is 24.1 Å². The molecular weight excluding hydrogens is 286 g/mol. The third kappa shape index (κ3) is 3.32. The summed E-state index contributed by atoms with van der Waals surface area (Å²) in [6, 6.07) is 8.78. The third-order valence-corrected chi connectivity index (χ3v) is 3.33. The van der Waals surface area contributed by atoms with Gasteiger partial charge >= 0.3 is 11.9 Å². The number of nitrogens with zero attached hydrogens (tertiary/aromatic N) is 2. The summed E-state index contributed by atoms with van der Waals surface area (Å²) in [5, 5.41) is 13.1. The van der Waals surface area contributed by atoms with Gasteiger partial charge in [0.15, 0.2) is 6.04 Å². The molecule has 0 bridgehead atoms. The lowest BCUT2D eigenvalue weighted by atomic mass is 10.1. The average molecular weight is 303 g/mol. The second-order valence-electron chi connectivity index (χ2n) is 4.75. The molecule has 1 aromatic heterocycles. The molecule has 116 valence electrons. The Morgan fingerprint density at radius 3 is 2.59 bits per heavy atom. The number of aliphatic carboxylic acids is 1. The molecule has 2 aromatic rings. The Morgan fingerprint density at radius 2 is 2.00 bits per heavy atom. The molecule has 2 rings (SSSR count). The molecule has 7 nitrogen and oxygen atoms in total. The summed E-state index contributed by atoms with van der Waals surface area (Å²) in [6.07, 6.45) is 1.74. The molecule has 0 amide bonds. The summed E-state index contributed by atoms with van der Waals surface area (Å²) >= 11 is 0. The molecule has 0 aliphatic carbocycles. The van der Waals surface area contributed by atoms with Crippen molar-refractivity contribution in [1.29, 1.82) is 0 Å². The van der Waals surface area contributed by atoms with E-state index in [0.29, 0.717) is 6.42 Å². The first kappa shape index (κ1) is 15.7. The van der Waals surface area contributed by atoms with Gasteiger partial charge in [0, 0.05) is 12.6 Å². The molecule has 0 radical (unpaired) electrons. The molecule has 0 spiro atoms. The van der Waals surface area contributed by atoms with E-state index in [1.807, 2.05) is 30.3 Å². The molecule has 7 heteroatoms. The summed E-state index contributed by atoms with van der Waals surface area (Å²) in [7, 11) is 1.28. The average Bonchev–Trinajstić information content (AvgIpc) is 3.01. The van der Waals surface area contributed by atoms with E-state index in [4.69, 9.17) is 15.6 Å². The molecule has 22 heavy (non-hydrogen) atoms. The molecule has 1 aromatic carbocycles. The summed E-state index contributed by atoms with van der Waals surface area (Å²) < 4.78 is 6.13. The smallest absolute Gasteiger partial charge is 0.331 e. The third-order valence-electron chi connectivity index (χ3n) is 3.33. The van der Waals surface area contributed by atoms with E-state index in [2.05, 4.69) is 5.10 Å². The summed E-state index contributed by atoms with van der Waals surface area (Å²) in [4.78, 5) is 23.2. The van der Waals surface area contributed by atoms with Gasteiger partial charge in [-0.15, -0.1) is 0 Å². The van der Waals surface area contributed by atoms with Crippen LogP contribution in [0, 0.1) is 0 Å². The number of carbonyl (C=O) groups excluding carboxylic acids is 1. The molecule has 3 N–H and O–H groups in total.